The van der Waals surface area contributed by atoms with Gasteiger partial charge in [-0.1, -0.05) is 30.9 Å². The van der Waals surface area contributed by atoms with Crippen LogP contribution in [0.2, 0.25) is 0 Å². The lowest BCUT2D eigenvalue weighted by Gasteiger charge is -2.26. The number of ether oxygens (including phenoxy) is 1. The number of carbonyl (C=O) groups is 1. The fraction of sp³-hybridized carbons (Fsp3) is 0.545. The summed E-state index contributed by atoms with van der Waals surface area (Å²) in [5, 5.41) is 6.68. The highest BCUT2D eigenvalue weighted by molar-refractivity contribution is 5.81. The number of likely N-dealkylation sites (tertiary alicyclic amines) is 1. The van der Waals surface area contributed by atoms with Crippen molar-refractivity contribution in [2.45, 2.75) is 31.8 Å². The van der Waals surface area contributed by atoms with Gasteiger partial charge >= 0.3 is 0 Å². The van der Waals surface area contributed by atoms with E-state index in [9.17, 15) is 4.79 Å². The van der Waals surface area contributed by atoms with Crippen LogP contribution < -0.4 is 15.4 Å². The molecule has 1 aliphatic heterocycles. The van der Waals surface area contributed by atoms with Crippen molar-refractivity contribution in [1.82, 2.24) is 20.4 Å². The number of hydrogen-bond donors (Lipinski definition) is 2. The summed E-state index contributed by atoms with van der Waals surface area (Å²) in [6.07, 6.45) is 4.74. The van der Waals surface area contributed by atoms with Gasteiger partial charge in [-0.15, -0.1) is 0 Å². The van der Waals surface area contributed by atoms with Crippen molar-refractivity contribution in [2.75, 3.05) is 47.4 Å². The first-order valence-corrected chi connectivity index (χ1v) is 10.3. The van der Waals surface area contributed by atoms with E-state index in [1.54, 1.807) is 18.0 Å². The smallest absolute Gasteiger partial charge is 0.239 e. The van der Waals surface area contributed by atoms with Crippen molar-refractivity contribution in [3.8, 4) is 5.75 Å². The molecule has 160 valence electrons. The summed E-state index contributed by atoms with van der Waals surface area (Å²) in [5.41, 5.74) is 1.07. The molecule has 0 radical (unpaired) electrons. The van der Waals surface area contributed by atoms with Crippen LogP contribution in [0.3, 0.4) is 0 Å². The van der Waals surface area contributed by atoms with Crippen molar-refractivity contribution in [3.05, 3.63) is 42.5 Å². The van der Waals surface area contributed by atoms with Crippen LogP contribution in [0.4, 0.5) is 0 Å². The van der Waals surface area contributed by atoms with Crippen molar-refractivity contribution in [2.24, 2.45) is 4.99 Å². The molecule has 29 heavy (non-hydrogen) atoms. The molecule has 2 N–H and O–H groups in total. The average molecular weight is 402 g/mol. The Labute approximate surface area is 174 Å². The normalized spacial score (nSPS) is 17.1. The van der Waals surface area contributed by atoms with Crippen LogP contribution in [0.15, 0.2) is 41.9 Å². The molecular weight excluding hydrogens is 366 g/mol. The fourth-order valence-corrected chi connectivity index (χ4v) is 3.50. The van der Waals surface area contributed by atoms with Crippen molar-refractivity contribution in [3.63, 3.8) is 0 Å². The highest BCUT2D eigenvalue weighted by Gasteiger charge is 2.30. The zero-order valence-corrected chi connectivity index (χ0v) is 18.0. The summed E-state index contributed by atoms with van der Waals surface area (Å²) in [7, 11) is 5.43. The average Bonchev–Trinajstić information content (AvgIpc) is 3.20. The predicted octanol–water partition coefficient (Wildman–Crippen LogP) is 1.86. The zero-order chi connectivity index (χ0) is 21.1. The number of hydrogen-bond acceptors (Lipinski definition) is 4. The van der Waals surface area contributed by atoms with Crippen molar-refractivity contribution < 1.29 is 9.53 Å². The molecule has 0 aliphatic carbocycles. The third kappa shape index (κ3) is 7.09. The molecule has 2 rings (SSSR count). The second-order valence-corrected chi connectivity index (χ2v) is 7.34. The van der Waals surface area contributed by atoms with E-state index in [0.717, 1.165) is 56.2 Å². The molecule has 1 aromatic carbocycles. The van der Waals surface area contributed by atoms with E-state index in [4.69, 9.17) is 4.74 Å². The molecule has 7 heteroatoms. The first-order chi connectivity index (χ1) is 14.1. The maximum Gasteiger partial charge on any atom is 0.239 e. The molecule has 1 atom stereocenters. The van der Waals surface area contributed by atoms with Crippen LogP contribution in [0.25, 0.3) is 0 Å². The maximum atomic E-state index is 12.3. The molecule has 1 amide bonds. The summed E-state index contributed by atoms with van der Waals surface area (Å²) in [5.74, 6) is 1.82. The van der Waals surface area contributed by atoms with E-state index < -0.39 is 0 Å². The summed E-state index contributed by atoms with van der Waals surface area (Å²) < 4.78 is 5.70. The third-order valence-electron chi connectivity index (χ3n) is 5.00. The lowest BCUT2D eigenvalue weighted by molar-refractivity contribution is -0.133. The molecule has 0 aromatic heterocycles. The molecule has 1 unspecified atom stereocenters. The standard InChI is InChI=1S/C22H35N5O2/c1-5-16-29-20-12-7-6-10-18(20)17-25-22(23-2)24-13-9-15-27-14-8-11-19(27)21(28)26(3)4/h5-7,10,12,19H,1,8-9,11,13-17H2,2-4H3,(H2,23,24,25). The minimum Gasteiger partial charge on any atom is -0.489 e. The second kappa shape index (κ2) is 12.1. The quantitative estimate of drug-likeness (QED) is 0.271. The Balaban J connectivity index is 1.74. The van der Waals surface area contributed by atoms with Gasteiger partial charge in [-0.05, 0) is 31.9 Å². The molecule has 1 saturated heterocycles. The van der Waals surface area contributed by atoms with E-state index >= 15 is 0 Å². The topological polar surface area (TPSA) is 69.2 Å². The van der Waals surface area contributed by atoms with Crippen molar-refractivity contribution in [1.29, 1.82) is 0 Å². The molecular formula is C22H35N5O2. The highest BCUT2D eigenvalue weighted by Crippen LogP contribution is 2.19. The first kappa shape index (κ1) is 22.7. The Morgan fingerprint density at radius 1 is 1.38 bits per heavy atom. The van der Waals surface area contributed by atoms with E-state index in [1.165, 1.54) is 0 Å². The maximum absolute atomic E-state index is 12.3. The molecule has 7 nitrogen and oxygen atoms in total. The van der Waals surface area contributed by atoms with Gasteiger partial charge in [0.15, 0.2) is 5.96 Å². The second-order valence-electron chi connectivity index (χ2n) is 7.34. The third-order valence-corrected chi connectivity index (χ3v) is 5.00. The highest BCUT2D eigenvalue weighted by atomic mass is 16.5. The molecule has 1 fully saturated rings. The van der Waals surface area contributed by atoms with Gasteiger partial charge < -0.3 is 20.3 Å². The Bertz CT molecular complexity index is 690. The van der Waals surface area contributed by atoms with Crippen LogP contribution in [0, 0.1) is 0 Å². The SMILES string of the molecule is C=CCOc1ccccc1CNC(=NC)NCCCN1CCCC1C(=O)N(C)C. The van der Waals surface area contributed by atoms with Gasteiger partial charge in [-0.3, -0.25) is 14.7 Å². The van der Waals surface area contributed by atoms with Gasteiger partial charge in [0.25, 0.3) is 0 Å². The van der Waals surface area contributed by atoms with Gasteiger partial charge in [0.1, 0.15) is 12.4 Å². The number of rotatable bonds is 10. The fourth-order valence-electron chi connectivity index (χ4n) is 3.50. The van der Waals surface area contributed by atoms with Gasteiger partial charge in [0.05, 0.1) is 6.04 Å². The zero-order valence-electron chi connectivity index (χ0n) is 18.0. The largest absolute Gasteiger partial charge is 0.489 e. The predicted molar refractivity (Wildman–Crippen MR) is 118 cm³/mol. The lowest BCUT2D eigenvalue weighted by atomic mass is 10.2. The number of likely N-dealkylation sites (N-methyl/N-ethyl adjacent to an activating group) is 1. The van der Waals surface area contributed by atoms with Gasteiger partial charge in [-0.2, -0.15) is 0 Å². The van der Waals surface area contributed by atoms with Crippen LogP contribution in [0.1, 0.15) is 24.8 Å². The number of benzene rings is 1. The van der Waals surface area contributed by atoms with Gasteiger partial charge in [-0.25, -0.2) is 0 Å². The number of aliphatic imine (C=N–C) groups is 1. The Kier molecular flexibility index (Phi) is 9.50. The number of nitrogens with one attached hydrogen (secondary N) is 2. The minimum absolute atomic E-state index is 0.0366. The van der Waals surface area contributed by atoms with Crippen LogP contribution in [-0.4, -0.2) is 75.1 Å². The summed E-state index contributed by atoms with van der Waals surface area (Å²) in [4.78, 5) is 20.6. The van der Waals surface area contributed by atoms with Crippen LogP contribution in [0.5, 0.6) is 5.75 Å². The summed E-state index contributed by atoms with van der Waals surface area (Å²) in [6, 6.07) is 7.98. The monoisotopic (exact) mass is 401 g/mol. The number of amides is 1. The Morgan fingerprint density at radius 3 is 2.90 bits per heavy atom. The lowest BCUT2D eigenvalue weighted by Crippen LogP contribution is -2.44. The van der Waals surface area contributed by atoms with Crippen LogP contribution >= 0.6 is 0 Å². The molecule has 1 heterocycles. The Hall–Kier alpha value is -2.54. The first-order valence-electron chi connectivity index (χ1n) is 10.3. The van der Waals surface area contributed by atoms with E-state index in [2.05, 4.69) is 27.1 Å². The minimum atomic E-state index is 0.0366. The molecule has 0 spiro atoms. The molecule has 1 aromatic rings. The molecule has 1 aliphatic rings. The van der Waals surface area contributed by atoms with Gasteiger partial charge in [0.2, 0.25) is 5.91 Å². The van der Waals surface area contributed by atoms with E-state index in [1.807, 2.05) is 38.4 Å². The number of nitrogens with zero attached hydrogens (tertiary/aromatic N) is 3. The van der Waals surface area contributed by atoms with Crippen molar-refractivity contribution >= 4 is 11.9 Å². The van der Waals surface area contributed by atoms with E-state index in [-0.39, 0.29) is 11.9 Å². The van der Waals surface area contributed by atoms with E-state index in [0.29, 0.717) is 13.2 Å². The summed E-state index contributed by atoms with van der Waals surface area (Å²) in [6.45, 7) is 7.51. The van der Waals surface area contributed by atoms with Gasteiger partial charge in [0, 0.05) is 46.3 Å². The number of para-hydroxylation sites is 1. The molecule has 0 saturated carbocycles. The number of carbonyl (C=O) groups excluding carboxylic acids is 1. The van der Waals surface area contributed by atoms with Crippen LogP contribution in [-0.2, 0) is 11.3 Å². The number of guanidine groups is 1. The Morgan fingerprint density at radius 2 is 2.17 bits per heavy atom. The summed E-state index contributed by atoms with van der Waals surface area (Å²) >= 11 is 0. The molecule has 0 bridgehead atoms.